The lowest BCUT2D eigenvalue weighted by atomic mass is 10.2. The van der Waals surface area contributed by atoms with Gasteiger partial charge in [-0.3, -0.25) is 4.98 Å². The van der Waals surface area contributed by atoms with Crippen molar-refractivity contribution in [1.29, 1.82) is 0 Å². The third-order valence-electron chi connectivity index (χ3n) is 5.57. The minimum absolute atomic E-state index is 0.170. The van der Waals surface area contributed by atoms with Crippen molar-refractivity contribution in [2.24, 2.45) is 0 Å². The van der Waals surface area contributed by atoms with Crippen LogP contribution in [0.1, 0.15) is 37.9 Å². The zero-order valence-corrected chi connectivity index (χ0v) is 19.7. The summed E-state index contributed by atoms with van der Waals surface area (Å²) in [6.07, 6.45) is 4.01. The minimum atomic E-state index is -1.80. The number of benzene rings is 1. The van der Waals surface area contributed by atoms with Crippen molar-refractivity contribution in [1.82, 2.24) is 15.0 Å². The summed E-state index contributed by atoms with van der Waals surface area (Å²) in [6, 6.07) is 9.88. The van der Waals surface area contributed by atoms with E-state index in [0.29, 0.717) is 31.4 Å². The Bertz CT molecular complexity index is 948. The van der Waals surface area contributed by atoms with Crippen LogP contribution in [0.3, 0.4) is 0 Å². The lowest BCUT2D eigenvalue weighted by Crippen LogP contribution is -2.40. The van der Waals surface area contributed by atoms with Crippen LogP contribution < -0.4 is 4.74 Å². The molecule has 0 spiro atoms. The van der Waals surface area contributed by atoms with Crippen LogP contribution in [0.4, 0.5) is 0 Å². The highest BCUT2D eigenvalue weighted by atomic mass is 28.4. The zero-order valence-electron chi connectivity index (χ0n) is 18.7. The summed E-state index contributed by atoms with van der Waals surface area (Å²) in [6.45, 7) is 14.0. The predicted molar refractivity (Wildman–Crippen MR) is 120 cm³/mol. The Morgan fingerprint density at radius 1 is 1.03 bits per heavy atom. The van der Waals surface area contributed by atoms with Crippen LogP contribution in [0, 0.1) is 6.92 Å². The highest BCUT2D eigenvalue weighted by Gasteiger charge is 2.37. The van der Waals surface area contributed by atoms with Crippen LogP contribution in [-0.4, -0.2) is 29.9 Å². The van der Waals surface area contributed by atoms with Crippen molar-refractivity contribution in [3.05, 3.63) is 59.9 Å². The van der Waals surface area contributed by atoms with Crippen LogP contribution in [0.5, 0.6) is 5.88 Å². The number of aromatic nitrogens is 3. The van der Waals surface area contributed by atoms with Crippen molar-refractivity contribution in [3.63, 3.8) is 0 Å². The molecule has 160 valence electrons. The molecule has 0 aliphatic heterocycles. The molecule has 0 aliphatic rings. The van der Waals surface area contributed by atoms with Crippen molar-refractivity contribution in [2.45, 2.75) is 58.9 Å². The maximum Gasteiger partial charge on any atom is 0.232 e. The minimum Gasteiger partial charge on any atom is -0.476 e. The Morgan fingerprint density at radius 2 is 1.77 bits per heavy atom. The highest BCUT2D eigenvalue weighted by molar-refractivity contribution is 6.74. The molecule has 0 saturated carbocycles. The standard InChI is InChI=1S/C23H31N3O3Si/c1-17-20(26-22(29-17)18-10-8-7-9-11-18)12-13-27-21-15-24-19(14-25-21)16-28-30(5,6)23(2,3)4/h7-11,14-15H,12-13,16H2,1-6H3. The zero-order chi connectivity index (χ0) is 21.8. The van der Waals surface area contributed by atoms with Gasteiger partial charge in [0.05, 0.1) is 37.0 Å². The van der Waals surface area contributed by atoms with Crippen molar-refractivity contribution >= 4 is 8.32 Å². The van der Waals surface area contributed by atoms with Crippen molar-refractivity contribution in [2.75, 3.05) is 6.61 Å². The Hall–Kier alpha value is -2.51. The van der Waals surface area contributed by atoms with Gasteiger partial charge in [-0.05, 0) is 37.2 Å². The molecule has 0 N–H and O–H groups in total. The molecule has 0 bridgehead atoms. The van der Waals surface area contributed by atoms with Crippen LogP contribution >= 0.6 is 0 Å². The molecule has 0 amide bonds. The van der Waals surface area contributed by atoms with Crippen LogP contribution in [0.2, 0.25) is 18.1 Å². The number of hydrogen-bond donors (Lipinski definition) is 0. The van der Waals surface area contributed by atoms with Crippen molar-refractivity contribution < 1.29 is 13.6 Å². The van der Waals surface area contributed by atoms with Gasteiger partial charge in [-0.25, -0.2) is 9.97 Å². The van der Waals surface area contributed by atoms with E-state index < -0.39 is 8.32 Å². The average molecular weight is 426 g/mol. The average Bonchev–Trinajstić information content (AvgIpc) is 3.08. The molecule has 0 aliphatic carbocycles. The van der Waals surface area contributed by atoms with Gasteiger partial charge in [-0.15, -0.1) is 0 Å². The highest BCUT2D eigenvalue weighted by Crippen LogP contribution is 2.36. The molecule has 0 atom stereocenters. The SMILES string of the molecule is Cc1oc(-c2ccccc2)nc1CCOc1cnc(CO[Si](C)(C)C(C)(C)C)cn1. The lowest BCUT2D eigenvalue weighted by molar-refractivity contribution is 0.269. The van der Waals surface area contributed by atoms with Crippen molar-refractivity contribution in [3.8, 4) is 17.3 Å². The predicted octanol–water partition coefficient (Wildman–Crippen LogP) is 5.58. The molecule has 3 rings (SSSR count). The fourth-order valence-corrected chi connectivity index (χ4v) is 3.52. The lowest BCUT2D eigenvalue weighted by Gasteiger charge is -2.35. The molecular formula is C23H31N3O3Si. The van der Waals surface area contributed by atoms with Crippen LogP contribution in [0.25, 0.3) is 11.5 Å². The second kappa shape index (κ2) is 9.10. The van der Waals surface area contributed by atoms with Gasteiger partial charge in [0.15, 0.2) is 8.32 Å². The first-order valence-electron chi connectivity index (χ1n) is 10.2. The first kappa shape index (κ1) is 22.2. The third kappa shape index (κ3) is 5.55. The Labute approximate surface area is 179 Å². The van der Waals surface area contributed by atoms with E-state index in [1.165, 1.54) is 0 Å². The van der Waals surface area contributed by atoms with Gasteiger partial charge in [-0.1, -0.05) is 39.0 Å². The summed E-state index contributed by atoms with van der Waals surface area (Å²) in [5.74, 6) is 1.94. The molecule has 7 heteroatoms. The summed E-state index contributed by atoms with van der Waals surface area (Å²) in [5.41, 5.74) is 2.67. The number of nitrogens with zero attached hydrogens (tertiary/aromatic N) is 3. The fourth-order valence-electron chi connectivity index (χ4n) is 2.58. The number of hydrogen-bond acceptors (Lipinski definition) is 6. The molecule has 0 saturated heterocycles. The normalized spacial score (nSPS) is 12.2. The van der Waals surface area contributed by atoms with Gasteiger partial charge in [0, 0.05) is 12.0 Å². The van der Waals surface area contributed by atoms with Gasteiger partial charge in [0.1, 0.15) is 5.76 Å². The van der Waals surface area contributed by atoms with E-state index in [2.05, 4.69) is 48.8 Å². The second-order valence-electron chi connectivity index (χ2n) is 8.88. The quantitative estimate of drug-likeness (QED) is 0.439. The summed E-state index contributed by atoms with van der Waals surface area (Å²) >= 11 is 0. The van der Waals surface area contributed by atoms with E-state index in [9.17, 15) is 0 Å². The smallest absolute Gasteiger partial charge is 0.232 e. The summed E-state index contributed by atoms with van der Waals surface area (Å²) in [4.78, 5) is 13.4. The van der Waals surface area contributed by atoms with Crippen LogP contribution in [0.15, 0.2) is 47.1 Å². The fraction of sp³-hybridized carbons (Fsp3) is 0.435. The Morgan fingerprint density at radius 3 is 2.40 bits per heavy atom. The van der Waals surface area contributed by atoms with Gasteiger partial charge in [0.2, 0.25) is 11.8 Å². The summed E-state index contributed by atoms with van der Waals surface area (Å²) in [7, 11) is -1.80. The third-order valence-corrected chi connectivity index (χ3v) is 10.0. The second-order valence-corrected chi connectivity index (χ2v) is 13.7. The molecule has 1 aromatic carbocycles. The first-order chi connectivity index (χ1) is 14.2. The van der Waals surface area contributed by atoms with Crippen LogP contribution in [-0.2, 0) is 17.5 Å². The first-order valence-corrected chi connectivity index (χ1v) is 13.2. The molecule has 30 heavy (non-hydrogen) atoms. The molecule has 6 nitrogen and oxygen atoms in total. The number of oxazole rings is 1. The number of ether oxygens (including phenoxy) is 1. The molecule has 3 aromatic rings. The largest absolute Gasteiger partial charge is 0.476 e. The molecule has 2 aromatic heterocycles. The Kier molecular flexibility index (Phi) is 6.73. The Balaban J connectivity index is 1.51. The molecular weight excluding hydrogens is 394 g/mol. The summed E-state index contributed by atoms with van der Waals surface area (Å²) in [5, 5.41) is 0.170. The van der Waals surface area contributed by atoms with Gasteiger partial charge < -0.3 is 13.6 Å². The molecule has 0 fully saturated rings. The molecule has 0 radical (unpaired) electrons. The maximum absolute atomic E-state index is 6.19. The molecule has 2 heterocycles. The monoisotopic (exact) mass is 425 g/mol. The van der Waals surface area contributed by atoms with E-state index in [0.717, 1.165) is 22.7 Å². The van der Waals surface area contributed by atoms with E-state index in [4.69, 9.17) is 13.6 Å². The van der Waals surface area contributed by atoms with E-state index in [1.54, 1.807) is 12.4 Å². The molecule has 0 unspecified atom stereocenters. The van der Waals surface area contributed by atoms with Gasteiger partial charge in [-0.2, -0.15) is 0 Å². The number of aryl methyl sites for hydroxylation is 1. The summed E-state index contributed by atoms with van der Waals surface area (Å²) < 4.78 is 17.7. The number of rotatable bonds is 8. The van der Waals surface area contributed by atoms with Gasteiger partial charge >= 0.3 is 0 Å². The topological polar surface area (TPSA) is 70.3 Å². The van der Waals surface area contributed by atoms with Gasteiger partial charge in [0.25, 0.3) is 0 Å². The van der Waals surface area contributed by atoms with E-state index >= 15 is 0 Å². The van der Waals surface area contributed by atoms with E-state index in [1.807, 2.05) is 37.3 Å². The maximum atomic E-state index is 6.19. The van der Waals surface area contributed by atoms with E-state index in [-0.39, 0.29) is 5.04 Å².